The van der Waals surface area contributed by atoms with Gasteiger partial charge in [-0.3, -0.25) is 0 Å². The number of nitrogens with zero attached hydrogens (tertiary/aromatic N) is 7. The maximum Gasteiger partial charge on any atom is 0.229 e. The fourth-order valence-electron chi connectivity index (χ4n) is 2.14. The Labute approximate surface area is 148 Å². The smallest absolute Gasteiger partial charge is 0.229 e. The van der Waals surface area contributed by atoms with Gasteiger partial charge in [0.15, 0.2) is 11.0 Å². The molecule has 25 heavy (non-hydrogen) atoms. The molecular formula is C15H17FN8S. The van der Waals surface area contributed by atoms with E-state index in [-0.39, 0.29) is 11.8 Å². The van der Waals surface area contributed by atoms with Gasteiger partial charge >= 0.3 is 0 Å². The lowest BCUT2D eigenvalue weighted by atomic mass is 10.2. The Balaban J connectivity index is 1.80. The standard InChI is InChI=1S/C15H17FN8S/c1-23(2)14-19-11(18-13(17)20-14)8-25-15-22-21-12(24(15)3)9-6-4-5-7-10(9)16/h4-7H,8H2,1-3H3,(H2,17,18,19,20). The van der Waals surface area contributed by atoms with Gasteiger partial charge in [-0.15, -0.1) is 10.2 Å². The second-order valence-electron chi connectivity index (χ2n) is 5.44. The van der Waals surface area contributed by atoms with E-state index in [1.807, 2.05) is 14.1 Å². The summed E-state index contributed by atoms with van der Waals surface area (Å²) >= 11 is 1.39. The predicted octanol–water partition coefficient (Wildman–Crippen LogP) is 1.75. The molecule has 3 rings (SSSR count). The van der Waals surface area contributed by atoms with Crippen molar-refractivity contribution in [2.24, 2.45) is 7.05 Å². The van der Waals surface area contributed by atoms with E-state index in [2.05, 4.69) is 25.1 Å². The zero-order chi connectivity index (χ0) is 18.0. The van der Waals surface area contributed by atoms with Crippen LogP contribution in [0.4, 0.5) is 16.3 Å². The van der Waals surface area contributed by atoms with Gasteiger partial charge in [0.2, 0.25) is 11.9 Å². The molecule has 0 aliphatic heterocycles. The quantitative estimate of drug-likeness (QED) is 0.687. The van der Waals surface area contributed by atoms with Crippen molar-refractivity contribution in [1.29, 1.82) is 0 Å². The minimum Gasteiger partial charge on any atom is -0.368 e. The molecule has 1 aromatic carbocycles. The number of anilines is 2. The van der Waals surface area contributed by atoms with Crippen molar-refractivity contribution in [1.82, 2.24) is 29.7 Å². The Morgan fingerprint density at radius 3 is 2.64 bits per heavy atom. The number of rotatable bonds is 5. The maximum atomic E-state index is 13.9. The molecule has 0 saturated heterocycles. The molecule has 2 aromatic heterocycles. The molecule has 0 spiro atoms. The molecule has 0 amide bonds. The molecule has 2 heterocycles. The summed E-state index contributed by atoms with van der Waals surface area (Å²) in [7, 11) is 5.45. The summed E-state index contributed by atoms with van der Waals surface area (Å²) in [4.78, 5) is 14.3. The van der Waals surface area contributed by atoms with E-state index in [0.29, 0.717) is 34.1 Å². The lowest BCUT2D eigenvalue weighted by molar-refractivity contribution is 0.628. The van der Waals surface area contributed by atoms with Crippen molar-refractivity contribution in [3.63, 3.8) is 0 Å². The fraction of sp³-hybridized carbons (Fsp3) is 0.267. The number of benzene rings is 1. The summed E-state index contributed by atoms with van der Waals surface area (Å²) in [6, 6.07) is 6.46. The van der Waals surface area contributed by atoms with Gasteiger partial charge in [0.25, 0.3) is 0 Å². The first-order valence-corrected chi connectivity index (χ1v) is 8.39. The van der Waals surface area contributed by atoms with Crippen molar-refractivity contribution in [2.75, 3.05) is 24.7 Å². The summed E-state index contributed by atoms with van der Waals surface area (Å²) in [6.07, 6.45) is 0. The fourth-order valence-corrected chi connectivity index (χ4v) is 2.90. The van der Waals surface area contributed by atoms with Crippen molar-refractivity contribution >= 4 is 23.7 Å². The van der Waals surface area contributed by atoms with E-state index in [1.54, 1.807) is 34.7 Å². The lowest BCUT2D eigenvalue weighted by Crippen LogP contribution is -2.16. The van der Waals surface area contributed by atoms with Crippen LogP contribution < -0.4 is 10.6 Å². The van der Waals surface area contributed by atoms with Crippen LogP contribution in [0.1, 0.15) is 5.82 Å². The molecule has 0 aliphatic rings. The Hall–Kier alpha value is -2.75. The summed E-state index contributed by atoms with van der Waals surface area (Å²) < 4.78 is 15.7. The Morgan fingerprint density at radius 1 is 1.16 bits per heavy atom. The van der Waals surface area contributed by atoms with E-state index >= 15 is 0 Å². The average Bonchev–Trinajstić information content (AvgIpc) is 2.93. The third kappa shape index (κ3) is 3.68. The van der Waals surface area contributed by atoms with Crippen molar-refractivity contribution in [3.05, 3.63) is 35.9 Å². The molecule has 10 heteroatoms. The van der Waals surface area contributed by atoms with Gasteiger partial charge in [-0.25, -0.2) is 4.39 Å². The first-order valence-electron chi connectivity index (χ1n) is 7.40. The largest absolute Gasteiger partial charge is 0.368 e. The molecule has 0 radical (unpaired) electrons. The Morgan fingerprint density at radius 2 is 1.92 bits per heavy atom. The summed E-state index contributed by atoms with van der Waals surface area (Å²) in [5.74, 6) is 1.76. The third-order valence-corrected chi connectivity index (χ3v) is 4.38. The highest BCUT2D eigenvalue weighted by Gasteiger charge is 2.15. The average molecular weight is 360 g/mol. The van der Waals surface area contributed by atoms with Gasteiger partial charge in [0, 0.05) is 21.1 Å². The van der Waals surface area contributed by atoms with Crippen molar-refractivity contribution < 1.29 is 4.39 Å². The molecule has 0 unspecified atom stereocenters. The molecular weight excluding hydrogens is 343 g/mol. The molecule has 0 saturated carbocycles. The summed E-state index contributed by atoms with van der Waals surface area (Å²) in [5, 5.41) is 8.84. The van der Waals surface area contributed by atoms with E-state index < -0.39 is 0 Å². The molecule has 3 aromatic rings. The minimum atomic E-state index is -0.338. The van der Waals surface area contributed by atoms with Crippen LogP contribution in [0.3, 0.4) is 0 Å². The molecule has 0 aliphatic carbocycles. The van der Waals surface area contributed by atoms with Crippen LogP contribution in [-0.2, 0) is 12.8 Å². The molecule has 2 N–H and O–H groups in total. The van der Waals surface area contributed by atoms with Crippen LogP contribution in [0.15, 0.2) is 29.4 Å². The van der Waals surface area contributed by atoms with Crippen LogP contribution in [0.5, 0.6) is 0 Å². The van der Waals surface area contributed by atoms with Crippen LogP contribution in [0.25, 0.3) is 11.4 Å². The van der Waals surface area contributed by atoms with E-state index in [0.717, 1.165) is 0 Å². The first kappa shape index (κ1) is 17.1. The van der Waals surface area contributed by atoms with Crippen LogP contribution in [-0.4, -0.2) is 43.8 Å². The number of halogens is 1. The maximum absolute atomic E-state index is 13.9. The summed E-state index contributed by atoms with van der Waals surface area (Å²) in [5.41, 5.74) is 6.13. The highest BCUT2D eigenvalue weighted by Crippen LogP contribution is 2.26. The van der Waals surface area contributed by atoms with E-state index in [1.165, 1.54) is 17.8 Å². The predicted molar refractivity (Wildman–Crippen MR) is 94.5 cm³/mol. The zero-order valence-corrected chi connectivity index (χ0v) is 14.8. The zero-order valence-electron chi connectivity index (χ0n) is 14.0. The van der Waals surface area contributed by atoms with Gasteiger partial charge in [0.05, 0.1) is 11.3 Å². The normalized spacial score (nSPS) is 10.9. The van der Waals surface area contributed by atoms with Crippen LogP contribution in [0.2, 0.25) is 0 Å². The molecule has 8 nitrogen and oxygen atoms in total. The van der Waals surface area contributed by atoms with Gasteiger partial charge in [-0.2, -0.15) is 15.0 Å². The highest BCUT2D eigenvalue weighted by molar-refractivity contribution is 7.98. The number of hydrogen-bond donors (Lipinski definition) is 1. The minimum absolute atomic E-state index is 0.166. The molecule has 0 fully saturated rings. The monoisotopic (exact) mass is 360 g/mol. The van der Waals surface area contributed by atoms with E-state index in [4.69, 9.17) is 5.73 Å². The highest BCUT2D eigenvalue weighted by atomic mass is 32.2. The molecule has 130 valence electrons. The van der Waals surface area contributed by atoms with Gasteiger partial charge in [-0.1, -0.05) is 23.9 Å². The molecule has 0 bridgehead atoms. The summed E-state index contributed by atoms with van der Waals surface area (Å²) in [6.45, 7) is 0. The van der Waals surface area contributed by atoms with Gasteiger partial charge in [0.1, 0.15) is 11.6 Å². The Kier molecular flexibility index (Phi) is 4.79. The number of hydrogen-bond acceptors (Lipinski definition) is 8. The SMILES string of the molecule is CN(C)c1nc(N)nc(CSc2nnc(-c3ccccc3F)n2C)n1. The van der Waals surface area contributed by atoms with Crippen molar-refractivity contribution in [2.45, 2.75) is 10.9 Å². The number of nitrogen functional groups attached to an aromatic ring is 1. The van der Waals surface area contributed by atoms with Gasteiger partial charge in [-0.05, 0) is 12.1 Å². The topological polar surface area (TPSA) is 98.6 Å². The Bertz CT molecular complexity index is 895. The first-order chi connectivity index (χ1) is 12.0. The molecule has 0 atom stereocenters. The van der Waals surface area contributed by atoms with Crippen molar-refractivity contribution in [3.8, 4) is 11.4 Å². The second kappa shape index (κ2) is 7.01. The lowest BCUT2D eigenvalue weighted by Gasteiger charge is -2.11. The number of aromatic nitrogens is 6. The number of nitrogens with two attached hydrogens (primary N) is 1. The van der Waals surface area contributed by atoms with E-state index in [9.17, 15) is 4.39 Å². The number of thioether (sulfide) groups is 1. The van der Waals surface area contributed by atoms with Gasteiger partial charge < -0.3 is 15.2 Å². The second-order valence-corrected chi connectivity index (χ2v) is 6.38. The van der Waals surface area contributed by atoms with Crippen LogP contribution in [0, 0.1) is 5.82 Å². The van der Waals surface area contributed by atoms with Crippen LogP contribution >= 0.6 is 11.8 Å². The third-order valence-electron chi connectivity index (χ3n) is 3.37.